The van der Waals surface area contributed by atoms with Crippen LogP contribution >= 0.6 is 0 Å². The summed E-state index contributed by atoms with van der Waals surface area (Å²) in [7, 11) is 0. The number of rotatable bonds is 16. The first kappa shape index (κ1) is 47.8. The molecular formula is C64H56O4. The molecule has 4 nitrogen and oxygen atoms in total. The second-order valence-corrected chi connectivity index (χ2v) is 16.3. The van der Waals surface area contributed by atoms with Crippen molar-refractivity contribution in [2.75, 3.05) is 26.4 Å². The van der Waals surface area contributed by atoms with E-state index in [9.17, 15) is 0 Å². The van der Waals surface area contributed by atoms with Gasteiger partial charge in [0.1, 0.15) is 23.0 Å². The molecule has 0 saturated carbocycles. The predicted molar refractivity (Wildman–Crippen MR) is 276 cm³/mol. The average Bonchev–Trinajstić information content (AvgIpc) is 3.37. The molecule has 0 aromatic heterocycles. The molecule has 0 heterocycles. The first-order chi connectivity index (χ1) is 33.5. The van der Waals surface area contributed by atoms with Crippen LogP contribution in [0.25, 0.3) is 0 Å². The van der Waals surface area contributed by atoms with Gasteiger partial charge in [0.15, 0.2) is 0 Å². The highest BCUT2D eigenvalue weighted by Gasteiger charge is 2.13. The van der Waals surface area contributed by atoms with Crippen LogP contribution in [0.5, 0.6) is 23.0 Å². The SMILES string of the molecule is CCCCOc1cc2c(OCCCC)cc1C#Cc1ccc(cc1)C#Cc1ccc(cc1)C#Cc1cc(OCCCC)c(cc1OCCCC)C#Cc1ccc(cc1)C#Cc1ccc(cc1)C#C2. The van der Waals surface area contributed by atoms with Crippen LogP contribution < -0.4 is 18.9 Å². The van der Waals surface area contributed by atoms with Crippen molar-refractivity contribution in [3.8, 4) is 94.0 Å². The maximum absolute atomic E-state index is 6.33. The minimum atomic E-state index is 0.581. The fourth-order valence-electron chi connectivity index (χ4n) is 6.69. The maximum Gasteiger partial charge on any atom is 0.136 e. The number of ether oxygens (including phenoxy) is 4. The summed E-state index contributed by atoms with van der Waals surface area (Å²) >= 11 is 0. The van der Waals surface area contributed by atoms with E-state index in [0.29, 0.717) is 49.4 Å². The topological polar surface area (TPSA) is 36.9 Å². The lowest BCUT2D eigenvalue weighted by Crippen LogP contribution is -2.03. The van der Waals surface area contributed by atoms with Crippen LogP contribution in [0.15, 0.2) is 121 Å². The molecule has 4 heteroatoms. The van der Waals surface area contributed by atoms with Crippen LogP contribution in [0.3, 0.4) is 0 Å². The van der Waals surface area contributed by atoms with Gasteiger partial charge in [0.2, 0.25) is 0 Å². The predicted octanol–water partition coefficient (Wildman–Crippen LogP) is 13.1. The molecule has 6 aromatic rings. The Hall–Kier alpha value is -8.12. The minimum absolute atomic E-state index is 0.581. The van der Waals surface area contributed by atoms with Crippen LogP contribution in [-0.2, 0) is 0 Å². The van der Waals surface area contributed by atoms with E-state index in [1.807, 2.05) is 121 Å². The third kappa shape index (κ3) is 14.4. The van der Waals surface area contributed by atoms with Crippen LogP contribution in [0.2, 0.25) is 0 Å². The third-order valence-electron chi connectivity index (χ3n) is 10.8. The highest BCUT2D eigenvalue weighted by atomic mass is 16.5. The average molecular weight is 889 g/mol. The van der Waals surface area contributed by atoms with Gasteiger partial charge in [-0.2, -0.15) is 0 Å². The molecule has 0 fully saturated rings. The molecule has 0 spiro atoms. The lowest BCUT2D eigenvalue weighted by atomic mass is 10.1. The van der Waals surface area contributed by atoms with Crippen LogP contribution in [-0.4, -0.2) is 26.4 Å². The molecular weight excluding hydrogens is 833 g/mol. The van der Waals surface area contributed by atoms with Crippen LogP contribution in [0.4, 0.5) is 0 Å². The summed E-state index contributed by atoms with van der Waals surface area (Å²) in [6.07, 6.45) is 7.80. The minimum Gasteiger partial charge on any atom is -0.492 e. The molecule has 68 heavy (non-hydrogen) atoms. The molecule has 0 saturated heterocycles. The number of hydrogen-bond donors (Lipinski definition) is 0. The van der Waals surface area contributed by atoms with E-state index >= 15 is 0 Å². The van der Waals surface area contributed by atoms with Gasteiger partial charge in [0.25, 0.3) is 0 Å². The molecule has 0 unspecified atom stereocenters. The third-order valence-corrected chi connectivity index (χ3v) is 10.8. The first-order valence-corrected chi connectivity index (χ1v) is 23.9. The van der Waals surface area contributed by atoms with Gasteiger partial charge in [0.05, 0.1) is 48.7 Å². The van der Waals surface area contributed by atoms with Gasteiger partial charge < -0.3 is 18.9 Å². The Kier molecular flexibility index (Phi) is 18.0. The summed E-state index contributed by atoms with van der Waals surface area (Å²) in [5.41, 5.74) is 10.0. The lowest BCUT2D eigenvalue weighted by Gasteiger charge is -2.13. The molecule has 6 aromatic carbocycles. The van der Waals surface area contributed by atoms with Crippen molar-refractivity contribution in [1.29, 1.82) is 0 Å². The highest BCUT2D eigenvalue weighted by Crippen LogP contribution is 2.31. The van der Waals surface area contributed by atoms with Crippen molar-refractivity contribution in [2.45, 2.75) is 79.1 Å². The standard InChI is InChI=1S/C64H56O4/c1-5-9-41-65-61-45-58-38-34-54-27-19-50(20-28-54)15-16-52-23-31-56(32-24-52)36-40-60-48-63(67-43-11-7-3)59(47-64(60)68-44-12-8-4)39-35-55-29-21-51(22-30-55)14-13-49-17-25-53(26-18-49)33-37-57(61)46-62(58)66-42-10-6-2/h17-32,45-48H,5-12,41-44H2,1-4H3. The monoisotopic (exact) mass is 888 g/mol. The van der Waals surface area contributed by atoms with Crippen LogP contribution in [0, 0.1) is 71.0 Å². The van der Waals surface area contributed by atoms with Crippen molar-refractivity contribution in [3.63, 3.8) is 0 Å². The Labute approximate surface area is 404 Å². The maximum atomic E-state index is 6.33. The first-order valence-electron chi connectivity index (χ1n) is 23.9. The molecule has 0 atom stereocenters. The van der Waals surface area contributed by atoms with Gasteiger partial charge in [-0.05, 0) is 123 Å². The zero-order valence-corrected chi connectivity index (χ0v) is 39.7. The quantitative estimate of drug-likeness (QED) is 0.0716. The van der Waals surface area contributed by atoms with Crippen molar-refractivity contribution in [3.05, 3.63) is 188 Å². The molecule has 336 valence electrons. The smallest absolute Gasteiger partial charge is 0.136 e. The molecule has 16 aliphatic rings. The summed E-state index contributed by atoms with van der Waals surface area (Å²) in [5, 5.41) is 0. The Morgan fingerprint density at radius 1 is 0.250 bits per heavy atom. The fourth-order valence-corrected chi connectivity index (χ4v) is 6.69. The Bertz CT molecular complexity index is 2630. The Balaban J connectivity index is 1.28. The molecule has 0 radical (unpaired) electrons. The molecule has 0 aliphatic heterocycles. The van der Waals surface area contributed by atoms with E-state index in [4.69, 9.17) is 18.9 Å². The van der Waals surface area contributed by atoms with Gasteiger partial charge in [-0.3, -0.25) is 0 Å². The summed E-state index contributed by atoms with van der Waals surface area (Å²) in [4.78, 5) is 0. The summed E-state index contributed by atoms with van der Waals surface area (Å²) < 4.78 is 25.3. The van der Waals surface area contributed by atoms with Gasteiger partial charge in [-0.1, -0.05) is 124 Å². The van der Waals surface area contributed by atoms with Gasteiger partial charge in [-0.25, -0.2) is 0 Å². The molecule has 12 bridgehead atoms. The molecule has 16 aliphatic carbocycles. The second-order valence-electron chi connectivity index (χ2n) is 16.3. The summed E-state index contributed by atoms with van der Waals surface area (Å²) in [6, 6.07) is 39.8. The van der Waals surface area contributed by atoms with E-state index < -0.39 is 0 Å². The normalized spacial score (nSPS) is 10.8. The molecule has 0 amide bonds. The fraction of sp³-hybridized carbons (Fsp3) is 0.250. The van der Waals surface area contributed by atoms with Gasteiger partial charge >= 0.3 is 0 Å². The summed E-state index contributed by atoms with van der Waals surface area (Å²) in [6.45, 7) is 10.9. The second kappa shape index (κ2) is 25.5. The van der Waals surface area contributed by atoms with Gasteiger partial charge in [0, 0.05) is 68.8 Å². The summed E-state index contributed by atoms with van der Waals surface area (Å²) in [5.74, 6) is 42.8. The largest absolute Gasteiger partial charge is 0.492 e. The van der Waals surface area contributed by atoms with Crippen LogP contribution in [0.1, 0.15) is 146 Å². The number of hydrogen-bond acceptors (Lipinski definition) is 4. The highest BCUT2D eigenvalue weighted by molar-refractivity contribution is 5.63. The lowest BCUT2D eigenvalue weighted by molar-refractivity contribution is 0.299. The van der Waals surface area contributed by atoms with E-state index in [2.05, 4.69) is 98.7 Å². The zero-order chi connectivity index (χ0) is 47.2. The molecule has 22 rings (SSSR count). The van der Waals surface area contributed by atoms with E-state index in [-0.39, 0.29) is 0 Å². The van der Waals surface area contributed by atoms with E-state index in [1.165, 1.54) is 0 Å². The Morgan fingerprint density at radius 2 is 0.412 bits per heavy atom. The molecule has 0 N–H and O–H groups in total. The number of unbranched alkanes of at least 4 members (excludes halogenated alkanes) is 4. The van der Waals surface area contributed by atoms with E-state index in [0.717, 1.165) is 118 Å². The van der Waals surface area contributed by atoms with Crippen molar-refractivity contribution in [2.24, 2.45) is 0 Å². The van der Waals surface area contributed by atoms with Crippen molar-refractivity contribution >= 4 is 0 Å². The van der Waals surface area contributed by atoms with Gasteiger partial charge in [-0.15, -0.1) is 0 Å². The Morgan fingerprint density at radius 3 is 0.574 bits per heavy atom. The zero-order valence-electron chi connectivity index (χ0n) is 39.7. The van der Waals surface area contributed by atoms with E-state index in [1.54, 1.807) is 0 Å². The number of benzene rings is 6. The van der Waals surface area contributed by atoms with Crippen molar-refractivity contribution in [1.82, 2.24) is 0 Å². The van der Waals surface area contributed by atoms with Crippen molar-refractivity contribution < 1.29 is 18.9 Å².